The smallest absolute Gasteiger partial charge is 0.315 e. The molecule has 0 heterocycles. The number of nitrogens with one attached hydrogen (secondary N) is 4. The lowest BCUT2D eigenvalue weighted by Gasteiger charge is -2.18. The van der Waals surface area contributed by atoms with E-state index in [0.717, 1.165) is 6.07 Å². The molecule has 0 aliphatic carbocycles. The van der Waals surface area contributed by atoms with Gasteiger partial charge < -0.3 is 10.6 Å². The lowest BCUT2D eigenvalue weighted by atomic mass is 10.1. The molecular formula is C20H22F2N4O3. The van der Waals surface area contributed by atoms with E-state index in [4.69, 9.17) is 0 Å². The van der Waals surface area contributed by atoms with Crippen LogP contribution in [0.4, 0.5) is 13.6 Å². The van der Waals surface area contributed by atoms with Crippen molar-refractivity contribution in [3.8, 4) is 0 Å². The highest BCUT2D eigenvalue weighted by atomic mass is 19.1. The summed E-state index contributed by atoms with van der Waals surface area (Å²) in [5.74, 6) is -2.56. The molecule has 29 heavy (non-hydrogen) atoms. The van der Waals surface area contributed by atoms with Crippen LogP contribution in [0.5, 0.6) is 0 Å². The highest BCUT2D eigenvalue weighted by Crippen LogP contribution is 2.05. The largest absolute Gasteiger partial charge is 0.334 e. The van der Waals surface area contributed by atoms with Gasteiger partial charge in [-0.05, 0) is 36.2 Å². The third-order valence-corrected chi connectivity index (χ3v) is 3.98. The fourth-order valence-electron chi connectivity index (χ4n) is 2.47. The van der Waals surface area contributed by atoms with E-state index >= 15 is 0 Å². The number of hydrogen-bond acceptors (Lipinski definition) is 3. The molecule has 9 heteroatoms. The summed E-state index contributed by atoms with van der Waals surface area (Å²) in [6.07, 6.45) is 0.920. The monoisotopic (exact) mass is 404 g/mol. The molecule has 1 atom stereocenters. The number of halogens is 2. The Bertz CT molecular complexity index is 859. The first-order valence-electron chi connectivity index (χ1n) is 9.04. The molecule has 0 aliphatic rings. The fraction of sp³-hybridized carbons (Fsp3) is 0.250. The van der Waals surface area contributed by atoms with Gasteiger partial charge in [0.15, 0.2) is 0 Å². The predicted octanol–water partition coefficient (Wildman–Crippen LogP) is 2.39. The van der Waals surface area contributed by atoms with Crippen LogP contribution in [0.3, 0.4) is 0 Å². The van der Waals surface area contributed by atoms with Crippen LogP contribution in [0.2, 0.25) is 0 Å². The van der Waals surface area contributed by atoms with Gasteiger partial charge in [-0.1, -0.05) is 37.6 Å². The maximum atomic E-state index is 13.6. The van der Waals surface area contributed by atoms with Gasteiger partial charge >= 0.3 is 6.03 Å². The first kappa shape index (κ1) is 21.8. The van der Waals surface area contributed by atoms with Gasteiger partial charge in [-0.25, -0.2) is 13.6 Å². The number of hydrazine groups is 1. The molecule has 0 fully saturated rings. The molecule has 4 N–H and O–H groups in total. The number of carbonyl (C=O) groups excluding carboxylic acids is 3. The molecule has 0 aliphatic heterocycles. The highest BCUT2D eigenvalue weighted by molar-refractivity contribution is 5.96. The summed E-state index contributed by atoms with van der Waals surface area (Å²) in [4.78, 5) is 36.3. The van der Waals surface area contributed by atoms with Crippen molar-refractivity contribution in [1.82, 2.24) is 21.5 Å². The summed E-state index contributed by atoms with van der Waals surface area (Å²) in [5, 5.41) is 5.08. The van der Waals surface area contributed by atoms with Crippen LogP contribution in [-0.2, 0) is 11.3 Å². The Labute approximate surface area is 166 Å². The SMILES string of the molecule is CCCC(NC(=O)NCc1ccc(F)cc1)C(=O)NNC(=O)c1ccccc1F. The standard InChI is InChI=1S/C20H22F2N4O3/c1-2-5-17(24-20(29)23-12-13-8-10-14(21)11-9-13)19(28)26-25-18(27)15-6-3-4-7-16(15)22/h3-4,6-11,17H,2,5,12H2,1H3,(H,25,27)(H,26,28)(H2,23,24,29). The molecule has 0 spiro atoms. The van der Waals surface area contributed by atoms with E-state index in [1.165, 1.54) is 42.5 Å². The third kappa shape index (κ3) is 6.87. The Hall–Kier alpha value is -3.49. The van der Waals surface area contributed by atoms with Crippen molar-refractivity contribution >= 4 is 17.8 Å². The molecule has 7 nitrogen and oxygen atoms in total. The summed E-state index contributed by atoms with van der Waals surface area (Å²) < 4.78 is 26.5. The van der Waals surface area contributed by atoms with Gasteiger partial charge in [0.25, 0.3) is 11.8 Å². The Morgan fingerprint density at radius 2 is 1.66 bits per heavy atom. The Morgan fingerprint density at radius 3 is 2.31 bits per heavy atom. The van der Waals surface area contributed by atoms with Crippen molar-refractivity contribution in [1.29, 1.82) is 0 Å². The van der Waals surface area contributed by atoms with Crippen molar-refractivity contribution in [3.05, 3.63) is 71.3 Å². The minimum Gasteiger partial charge on any atom is -0.334 e. The third-order valence-electron chi connectivity index (χ3n) is 3.98. The lowest BCUT2D eigenvalue weighted by Crippen LogP contribution is -2.54. The van der Waals surface area contributed by atoms with E-state index in [1.807, 2.05) is 6.92 Å². The molecule has 0 saturated carbocycles. The van der Waals surface area contributed by atoms with Crippen LogP contribution < -0.4 is 21.5 Å². The van der Waals surface area contributed by atoms with Crippen molar-refractivity contribution in [3.63, 3.8) is 0 Å². The van der Waals surface area contributed by atoms with Crippen molar-refractivity contribution < 1.29 is 23.2 Å². The second-order valence-electron chi connectivity index (χ2n) is 6.22. The zero-order chi connectivity index (χ0) is 21.2. The Kier molecular flexibility index (Phi) is 8.08. The molecule has 1 unspecified atom stereocenters. The second kappa shape index (κ2) is 10.7. The number of hydrogen-bond donors (Lipinski definition) is 4. The molecule has 0 aromatic heterocycles. The summed E-state index contributed by atoms with van der Waals surface area (Å²) in [7, 11) is 0. The number of urea groups is 1. The van der Waals surface area contributed by atoms with Gasteiger partial charge in [0, 0.05) is 6.54 Å². The molecule has 4 amide bonds. The number of rotatable bonds is 7. The molecule has 0 saturated heterocycles. The van der Waals surface area contributed by atoms with E-state index in [2.05, 4.69) is 21.5 Å². The van der Waals surface area contributed by atoms with E-state index in [9.17, 15) is 23.2 Å². The molecule has 0 bridgehead atoms. The summed E-state index contributed by atoms with van der Waals surface area (Å²) in [6.45, 7) is 1.98. The summed E-state index contributed by atoms with van der Waals surface area (Å²) >= 11 is 0. The number of benzene rings is 2. The van der Waals surface area contributed by atoms with Gasteiger partial charge in [0.1, 0.15) is 17.7 Å². The van der Waals surface area contributed by atoms with E-state index < -0.39 is 29.7 Å². The second-order valence-corrected chi connectivity index (χ2v) is 6.22. The fourth-order valence-corrected chi connectivity index (χ4v) is 2.47. The van der Waals surface area contributed by atoms with Crippen LogP contribution >= 0.6 is 0 Å². The first-order valence-corrected chi connectivity index (χ1v) is 9.04. The van der Waals surface area contributed by atoms with E-state index in [-0.39, 0.29) is 17.9 Å². The van der Waals surface area contributed by atoms with E-state index in [0.29, 0.717) is 18.4 Å². The van der Waals surface area contributed by atoms with Crippen molar-refractivity contribution in [2.75, 3.05) is 0 Å². The van der Waals surface area contributed by atoms with Gasteiger partial charge in [-0.15, -0.1) is 0 Å². The average molecular weight is 404 g/mol. The van der Waals surface area contributed by atoms with E-state index in [1.54, 1.807) is 0 Å². The molecule has 2 rings (SSSR count). The zero-order valence-electron chi connectivity index (χ0n) is 15.8. The number of carbonyl (C=O) groups is 3. The first-order chi connectivity index (χ1) is 13.9. The molecule has 2 aromatic rings. The Balaban J connectivity index is 1.86. The quantitative estimate of drug-likeness (QED) is 0.533. The molecule has 154 valence electrons. The number of amides is 4. The van der Waals surface area contributed by atoms with Gasteiger partial charge in [-0.3, -0.25) is 20.4 Å². The lowest BCUT2D eigenvalue weighted by molar-refractivity contribution is -0.123. The molecule has 0 radical (unpaired) electrons. The van der Waals surface area contributed by atoms with Crippen molar-refractivity contribution in [2.24, 2.45) is 0 Å². The normalized spacial score (nSPS) is 11.3. The van der Waals surface area contributed by atoms with Crippen LogP contribution in [0.25, 0.3) is 0 Å². The predicted molar refractivity (Wildman–Crippen MR) is 102 cm³/mol. The maximum Gasteiger partial charge on any atom is 0.315 e. The molecule has 2 aromatic carbocycles. The van der Waals surface area contributed by atoms with Crippen LogP contribution in [-0.4, -0.2) is 23.9 Å². The summed E-state index contributed by atoms with van der Waals surface area (Å²) in [5.41, 5.74) is 4.79. The van der Waals surface area contributed by atoms with Crippen LogP contribution in [0.15, 0.2) is 48.5 Å². The highest BCUT2D eigenvalue weighted by Gasteiger charge is 2.21. The van der Waals surface area contributed by atoms with Crippen LogP contribution in [0.1, 0.15) is 35.7 Å². The van der Waals surface area contributed by atoms with Gasteiger partial charge in [0.2, 0.25) is 0 Å². The van der Waals surface area contributed by atoms with Gasteiger partial charge in [-0.2, -0.15) is 0 Å². The minimum absolute atomic E-state index is 0.149. The Morgan fingerprint density at radius 1 is 0.966 bits per heavy atom. The minimum atomic E-state index is -0.908. The average Bonchev–Trinajstić information content (AvgIpc) is 2.71. The summed E-state index contributed by atoms with van der Waals surface area (Å²) in [6, 6.07) is 9.46. The van der Waals surface area contributed by atoms with Crippen LogP contribution in [0, 0.1) is 11.6 Å². The topological polar surface area (TPSA) is 99.3 Å². The molecular weight excluding hydrogens is 382 g/mol. The maximum absolute atomic E-state index is 13.6. The van der Waals surface area contributed by atoms with Crippen molar-refractivity contribution in [2.45, 2.75) is 32.4 Å². The van der Waals surface area contributed by atoms with Gasteiger partial charge in [0.05, 0.1) is 5.56 Å². The zero-order valence-corrected chi connectivity index (χ0v) is 15.8.